The smallest absolute Gasteiger partial charge is 0.492 e. The van der Waals surface area contributed by atoms with E-state index in [0.717, 1.165) is 0 Å². The summed E-state index contributed by atoms with van der Waals surface area (Å²) in [5.74, 6) is 0.498. The summed E-state index contributed by atoms with van der Waals surface area (Å²) < 4.78 is 5.14. The summed E-state index contributed by atoms with van der Waals surface area (Å²) >= 11 is 0. The Labute approximate surface area is 92.9 Å². The zero-order valence-corrected chi connectivity index (χ0v) is 8.71. The molecule has 16 heavy (non-hydrogen) atoms. The van der Waals surface area contributed by atoms with Crippen LogP contribution in [0.3, 0.4) is 0 Å². The van der Waals surface area contributed by atoms with Gasteiger partial charge in [0, 0.05) is 16.2 Å². The first-order chi connectivity index (χ1) is 7.65. The Balaban J connectivity index is 2.81. The van der Waals surface area contributed by atoms with E-state index in [2.05, 4.69) is 0 Å². The van der Waals surface area contributed by atoms with E-state index in [1.807, 2.05) is 0 Å². The van der Waals surface area contributed by atoms with Gasteiger partial charge in [0.2, 0.25) is 0 Å². The van der Waals surface area contributed by atoms with E-state index < -0.39 is 7.12 Å². The van der Waals surface area contributed by atoms with Crippen LogP contribution in [0.1, 0.15) is 0 Å². The molecule has 3 N–H and O–H groups in total. The van der Waals surface area contributed by atoms with Gasteiger partial charge in [-0.3, -0.25) is 0 Å². The molecular weight excluding hydrogens is 207 g/mol. The standard InChI is InChI=1S/C11H11BO4/c1-16-11-8-3-2-4-10(13)7(8)5-6-9(11)12(14)15/h2-6,13-15H,1H3. The Morgan fingerprint density at radius 1 is 1.06 bits per heavy atom. The second kappa shape index (κ2) is 4.04. The number of methoxy groups -OCH3 is 1. The highest BCUT2D eigenvalue weighted by atomic mass is 16.5. The van der Waals surface area contributed by atoms with Gasteiger partial charge in [0.25, 0.3) is 0 Å². The monoisotopic (exact) mass is 218 g/mol. The van der Waals surface area contributed by atoms with Gasteiger partial charge in [0.1, 0.15) is 11.5 Å². The van der Waals surface area contributed by atoms with Gasteiger partial charge in [-0.15, -0.1) is 0 Å². The summed E-state index contributed by atoms with van der Waals surface area (Å²) in [6.45, 7) is 0. The lowest BCUT2D eigenvalue weighted by Crippen LogP contribution is -2.31. The Morgan fingerprint density at radius 3 is 2.44 bits per heavy atom. The minimum Gasteiger partial charge on any atom is -0.507 e. The van der Waals surface area contributed by atoms with Gasteiger partial charge in [-0.05, 0) is 6.07 Å². The van der Waals surface area contributed by atoms with Crippen LogP contribution in [0.25, 0.3) is 10.8 Å². The predicted molar refractivity (Wildman–Crippen MR) is 62.0 cm³/mol. The summed E-state index contributed by atoms with van der Waals surface area (Å²) in [6.07, 6.45) is 0. The number of aromatic hydroxyl groups is 1. The molecule has 0 amide bonds. The minimum atomic E-state index is -1.60. The molecule has 0 fully saturated rings. The van der Waals surface area contributed by atoms with Crippen LogP contribution < -0.4 is 10.2 Å². The van der Waals surface area contributed by atoms with Crippen LogP contribution in [-0.2, 0) is 0 Å². The molecule has 2 rings (SSSR count). The molecule has 0 atom stereocenters. The van der Waals surface area contributed by atoms with E-state index in [4.69, 9.17) is 4.74 Å². The van der Waals surface area contributed by atoms with Gasteiger partial charge in [0.05, 0.1) is 7.11 Å². The van der Waals surface area contributed by atoms with Crippen LogP contribution >= 0.6 is 0 Å². The normalized spacial score (nSPS) is 10.4. The lowest BCUT2D eigenvalue weighted by molar-refractivity contribution is 0.406. The van der Waals surface area contributed by atoms with Crippen molar-refractivity contribution in [1.82, 2.24) is 0 Å². The molecule has 0 radical (unpaired) electrons. The van der Waals surface area contributed by atoms with Crippen molar-refractivity contribution in [2.24, 2.45) is 0 Å². The molecule has 0 bridgehead atoms. The minimum absolute atomic E-state index is 0.134. The third-order valence-electron chi connectivity index (χ3n) is 2.50. The fourth-order valence-corrected chi connectivity index (χ4v) is 1.76. The van der Waals surface area contributed by atoms with Gasteiger partial charge in [0.15, 0.2) is 0 Å². The van der Waals surface area contributed by atoms with E-state index in [9.17, 15) is 15.2 Å². The van der Waals surface area contributed by atoms with Crippen molar-refractivity contribution in [3.8, 4) is 11.5 Å². The number of rotatable bonds is 2. The van der Waals surface area contributed by atoms with Crippen LogP contribution in [0.5, 0.6) is 11.5 Å². The predicted octanol–water partition coefficient (Wildman–Crippen LogP) is 0.234. The second-order valence-corrected chi connectivity index (χ2v) is 3.43. The summed E-state index contributed by atoms with van der Waals surface area (Å²) in [7, 11) is -0.147. The number of phenolic OH excluding ortho intramolecular Hbond substituents is 1. The maximum atomic E-state index is 9.64. The van der Waals surface area contributed by atoms with Crippen molar-refractivity contribution >= 4 is 23.4 Å². The van der Waals surface area contributed by atoms with Gasteiger partial charge < -0.3 is 19.9 Å². The van der Waals surface area contributed by atoms with Gasteiger partial charge in [-0.1, -0.05) is 24.3 Å². The topological polar surface area (TPSA) is 69.9 Å². The average Bonchev–Trinajstić information content (AvgIpc) is 2.27. The fraction of sp³-hybridized carbons (Fsp3) is 0.0909. The molecule has 2 aromatic carbocycles. The quantitative estimate of drug-likeness (QED) is 0.631. The number of benzene rings is 2. The number of hydrogen-bond donors (Lipinski definition) is 3. The molecule has 0 aliphatic rings. The molecule has 0 unspecified atom stereocenters. The molecule has 0 aliphatic carbocycles. The second-order valence-electron chi connectivity index (χ2n) is 3.43. The molecule has 0 spiro atoms. The lowest BCUT2D eigenvalue weighted by Gasteiger charge is -2.11. The summed E-state index contributed by atoms with van der Waals surface area (Å²) in [6, 6.07) is 8.14. The number of ether oxygens (including phenoxy) is 1. The third kappa shape index (κ3) is 1.60. The Hall–Kier alpha value is -1.72. The SMILES string of the molecule is COc1c(B(O)O)ccc2c(O)cccc12. The summed E-state index contributed by atoms with van der Waals surface area (Å²) in [4.78, 5) is 0. The zero-order valence-electron chi connectivity index (χ0n) is 8.71. The molecular formula is C11H11BO4. The summed E-state index contributed by atoms with van der Waals surface area (Å²) in [5, 5.41) is 29.3. The molecule has 2 aromatic rings. The Kier molecular flexibility index (Phi) is 2.72. The Morgan fingerprint density at radius 2 is 1.81 bits per heavy atom. The lowest BCUT2D eigenvalue weighted by atomic mass is 9.78. The van der Waals surface area contributed by atoms with Crippen LogP contribution in [0.2, 0.25) is 0 Å². The number of phenols is 1. The van der Waals surface area contributed by atoms with Crippen LogP contribution in [0.4, 0.5) is 0 Å². The van der Waals surface area contributed by atoms with Crippen LogP contribution in [0, 0.1) is 0 Å². The largest absolute Gasteiger partial charge is 0.507 e. The van der Waals surface area contributed by atoms with E-state index in [1.54, 1.807) is 24.3 Å². The van der Waals surface area contributed by atoms with Gasteiger partial charge in [-0.2, -0.15) is 0 Å². The number of hydrogen-bond acceptors (Lipinski definition) is 4. The van der Waals surface area contributed by atoms with Crippen molar-refractivity contribution in [3.05, 3.63) is 30.3 Å². The molecule has 0 aliphatic heterocycles. The third-order valence-corrected chi connectivity index (χ3v) is 2.50. The Bertz CT molecular complexity index is 525. The van der Waals surface area contributed by atoms with Crippen molar-refractivity contribution in [2.75, 3.05) is 7.11 Å². The first kappa shape index (κ1) is 10.8. The molecule has 5 heteroatoms. The van der Waals surface area contributed by atoms with Crippen LogP contribution in [-0.4, -0.2) is 29.4 Å². The van der Waals surface area contributed by atoms with E-state index in [0.29, 0.717) is 16.5 Å². The van der Waals surface area contributed by atoms with Crippen molar-refractivity contribution < 1.29 is 19.9 Å². The highest BCUT2D eigenvalue weighted by Gasteiger charge is 2.19. The first-order valence-corrected chi connectivity index (χ1v) is 4.80. The first-order valence-electron chi connectivity index (χ1n) is 4.80. The molecule has 0 heterocycles. The highest BCUT2D eigenvalue weighted by molar-refractivity contribution is 6.60. The molecule has 0 aromatic heterocycles. The van der Waals surface area contributed by atoms with Gasteiger partial charge >= 0.3 is 7.12 Å². The van der Waals surface area contributed by atoms with E-state index in [1.165, 1.54) is 13.2 Å². The van der Waals surface area contributed by atoms with Crippen LogP contribution in [0.15, 0.2) is 30.3 Å². The van der Waals surface area contributed by atoms with E-state index >= 15 is 0 Å². The number of fused-ring (bicyclic) bond motifs is 1. The molecule has 4 nitrogen and oxygen atoms in total. The van der Waals surface area contributed by atoms with Crippen molar-refractivity contribution in [3.63, 3.8) is 0 Å². The maximum absolute atomic E-state index is 9.64. The van der Waals surface area contributed by atoms with E-state index in [-0.39, 0.29) is 11.2 Å². The molecule has 0 saturated carbocycles. The summed E-state index contributed by atoms with van der Waals surface area (Å²) in [5.41, 5.74) is 0.278. The molecule has 82 valence electrons. The molecule has 0 saturated heterocycles. The van der Waals surface area contributed by atoms with Crippen molar-refractivity contribution in [1.29, 1.82) is 0 Å². The zero-order chi connectivity index (χ0) is 11.7. The average molecular weight is 218 g/mol. The van der Waals surface area contributed by atoms with Gasteiger partial charge in [-0.25, -0.2) is 0 Å². The maximum Gasteiger partial charge on any atom is 0.492 e. The highest BCUT2D eigenvalue weighted by Crippen LogP contribution is 2.29. The fourth-order valence-electron chi connectivity index (χ4n) is 1.76. The van der Waals surface area contributed by atoms with Crippen molar-refractivity contribution in [2.45, 2.75) is 0 Å².